The molecule has 0 saturated heterocycles. The van der Waals surface area contributed by atoms with Gasteiger partial charge in [0, 0.05) is 11.1 Å². The number of hydrogen-bond acceptors (Lipinski definition) is 2. The molecular weight excluding hydrogens is 226 g/mol. The van der Waals surface area contributed by atoms with Gasteiger partial charge in [-0.15, -0.1) is 0 Å². The molecule has 3 heteroatoms. The predicted molar refractivity (Wildman–Crippen MR) is 73.1 cm³/mol. The Kier molecular flexibility index (Phi) is 4.43. The molecule has 2 N–H and O–H groups in total. The zero-order valence-electron chi connectivity index (χ0n) is 11.3. The molecule has 0 unspecified atom stereocenters. The third-order valence-electron chi connectivity index (χ3n) is 2.96. The monoisotopic (exact) mass is 245 g/mol. The lowest BCUT2D eigenvalue weighted by Crippen LogP contribution is -2.11. The Labute approximate surface area is 108 Å². The summed E-state index contributed by atoms with van der Waals surface area (Å²) in [6, 6.07) is 7.00. The highest BCUT2D eigenvalue weighted by atomic mass is 16.1. The molecule has 0 atom stereocenters. The molecular formula is C15H19NO2. The highest BCUT2D eigenvalue weighted by molar-refractivity contribution is 6.01. The summed E-state index contributed by atoms with van der Waals surface area (Å²) >= 11 is 0. The average Bonchev–Trinajstić information content (AvgIpc) is 2.28. The first-order valence-corrected chi connectivity index (χ1v) is 5.96. The van der Waals surface area contributed by atoms with E-state index in [0.717, 1.165) is 16.7 Å². The van der Waals surface area contributed by atoms with Crippen LogP contribution in [0.5, 0.6) is 0 Å². The van der Waals surface area contributed by atoms with Gasteiger partial charge in [-0.1, -0.05) is 26.0 Å². The number of allylic oxidation sites excluding steroid dienone is 2. The maximum Gasteiger partial charge on any atom is 0.248 e. The van der Waals surface area contributed by atoms with Crippen molar-refractivity contribution in [1.82, 2.24) is 0 Å². The third kappa shape index (κ3) is 3.06. The van der Waals surface area contributed by atoms with Crippen LogP contribution in [0.1, 0.15) is 43.6 Å². The van der Waals surface area contributed by atoms with Gasteiger partial charge < -0.3 is 5.73 Å². The molecule has 1 aromatic carbocycles. The molecule has 18 heavy (non-hydrogen) atoms. The van der Waals surface area contributed by atoms with Crippen LogP contribution < -0.4 is 5.73 Å². The Morgan fingerprint density at radius 2 is 1.44 bits per heavy atom. The summed E-state index contributed by atoms with van der Waals surface area (Å²) < 4.78 is 0. The van der Waals surface area contributed by atoms with Crippen molar-refractivity contribution in [2.75, 3.05) is 0 Å². The minimum absolute atomic E-state index is 0.0847. The van der Waals surface area contributed by atoms with E-state index in [-0.39, 0.29) is 11.7 Å². The molecule has 96 valence electrons. The lowest BCUT2D eigenvalue weighted by Gasteiger charge is -2.13. The van der Waals surface area contributed by atoms with E-state index in [0.29, 0.717) is 5.56 Å². The van der Waals surface area contributed by atoms with Crippen molar-refractivity contribution in [2.24, 2.45) is 11.7 Å². The summed E-state index contributed by atoms with van der Waals surface area (Å²) in [5, 5.41) is 0. The summed E-state index contributed by atoms with van der Waals surface area (Å²) in [6.45, 7) is 7.50. The molecule has 0 bridgehead atoms. The summed E-state index contributed by atoms with van der Waals surface area (Å²) in [7, 11) is 0. The minimum atomic E-state index is -0.446. The standard InChI is InChI=1S/C15H19NO2/c1-9(2)14(11(4)17)10(3)12-5-7-13(8-6-12)15(16)18/h5-9H,1-4H3,(H2,16,18). The van der Waals surface area contributed by atoms with Crippen LogP contribution in [0.15, 0.2) is 29.8 Å². The molecule has 0 aliphatic rings. The summed E-state index contributed by atoms with van der Waals surface area (Å²) in [5.74, 6) is -0.182. The second kappa shape index (κ2) is 5.63. The maximum absolute atomic E-state index is 11.6. The summed E-state index contributed by atoms with van der Waals surface area (Å²) in [4.78, 5) is 22.6. The lowest BCUT2D eigenvalue weighted by atomic mass is 9.91. The molecule has 1 amide bonds. The smallest absolute Gasteiger partial charge is 0.248 e. The van der Waals surface area contributed by atoms with Crippen molar-refractivity contribution in [2.45, 2.75) is 27.7 Å². The highest BCUT2D eigenvalue weighted by Gasteiger charge is 2.13. The highest BCUT2D eigenvalue weighted by Crippen LogP contribution is 2.24. The molecule has 0 fully saturated rings. The van der Waals surface area contributed by atoms with E-state index in [4.69, 9.17) is 5.73 Å². The van der Waals surface area contributed by atoms with Crippen LogP contribution in [0.25, 0.3) is 5.57 Å². The Hall–Kier alpha value is -1.90. The lowest BCUT2D eigenvalue weighted by molar-refractivity contribution is -0.113. The van der Waals surface area contributed by atoms with E-state index in [9.17, 15) is 9.59 Å². The second-order valence-corrected chi connectivity index (χ2v) is 4.69. The fourth-order valence-electron chi connectivity index (χ4n) is 2.14. The van der Waals surface area contributed by atoms with Gasteiger partial charge in [-0.3, -0.25) is 9.59 Å². The first kappa shape index (κ1) is 14.2. The average molecular weight is 245 g/mol. The van der Waals surface area contributed by atoms with Crippen LogP contribution in [0.4, 0.5) is 0 Å². The number of amides is 1. The Bertz CT molecular complexity index is 496. The number of hydrogen-bond donors (Lipinski definition) is 1. The molecule has 0 heterocycles. The number of Topliss-reactive ketones (excluding diaryl/α,β-unsaturated/α-hetero) is 1. The second-order valence-electron chi connectivity index (χ2n) is 4.69. The molecule has 1 rings (SSSR count). The van der Waals surface area contributed by atoms with Crippen LogP contribution in [0.2, 0.25) is 0 Å². The van der Waals surface area contributed by atoms with E-state index in [1.54, 1.807) is 19.1 Å². The molecule has 0 spiro atoms. The van der Waals surface area contributed by atoms with Gasteiger partial charge in [-0.05, 0) is 43.0 Å². The zero-order valence-corrected chi connectivity index (χ0v) is 11.3. The van der Waals surface area contributed by atoms with Gasteiger partial charge in [-0.2, -0.15) is 0 Å². The Morgan fingerprint density at radius 1 is 1.00 bits per heavy atom. The van der Waals surface area contributed by atoms with Crippen molar-refractivity contribution >= 4 is 17.3 Å². The van der Waals surface area contributed by atoms with Crippen molar-refractivity contribution < 1.29 is 9.59 Å². The van der Waals surface area contributed by atoms with Gasteiger partial charge in [0.2, 0.25) is 5.91 Å². The maximum atomic E-state index is 11.6. The SMILES string of the molecule is CC(=O)C(=C(C)c1ccc(C(N)=O)cc1)C(C)C. The first-order chi connectivity index (χ1) is 8.34. The molecule has 0 saturated carbocycles. The van der Waals surface area contributed by atoms with Crippen LogP contribution in [0.3, 0.4) is 0 Å². The first-order valence-electron chi connectivity index (χ1n) is 5.96. The van der Waals surface area contributed by atoms with Crippen molar-refractivity contribution in [3.63, 3.8) is 0 Å². The van der Waals surface area contributed by atoms with Crippen LogP contribution in [-0.2, 0) is 4.79 Å². The van der Waals surface area contributed by atoms with Crippen LogP contribution in [-0.4, -0.2) is 11.7 Å². The van der Waals surface area contributed by atoms with E-state index in [2.05, 4.69) is 0 Å². The van der Waals surface area contributed by atoms with E-state index < -0.39 is 5.91 Å². The van der Waals surface area contributed by atoms with Crippen LogP contribution in [0, 0.1) is 5.92 Å². The van der Waals surface area contributed by atoms with Crippen LogP contribution >= 0.6 is 0 Å². The number of carbonyl (C=O) groups is 2. The Balaban J connectivity index is 3.24. The van der Waals surface area contributed by atoms with Crippen molar-refractivity contribution in [3.05, 3.63) is 41.0 Å². The number of nitrogens with two attached hydrogens (primary N) is 1. The summed E-state index contributed by atoms with van der Waals surface area (Å²) in [5.41, 5.74) is 8.38. The third-order valence-corrected chi connectivity index (χ3v) is 2.96. The van der Waals surface area contributed by atoms with Gasteiger partial charge in [-0.25, -0.2) is 0 Å². The van der Waals surface area contributed by atoms with Gasteiger partial charge in [0.25, 0.3) is 0 Å². The predicted octanol–water partition coefficient (Wildman–Crippen LogP) is 2.80. The number of primary amides is 1. The fraction of sp³-hybridized carbons (Fsp3) is 0.333. The van der Waals surface area contributed by atoms with Crippen molar-refractivity contribution in [1.29, 1.82) is 0 Å². The minimum Gasteiger partial charge on any atom is -0.366 e. The van der Waals surface area contributed by atoms with Gasteiger partial charge in [0.05, 0.1) is 0 Å². The molecule has 1 aromatic rings. The number of rotatable bonds is 4. The van der Waals surface area contributed by atoms with E-state index >= 15 is 0 Å². The van der Waals surface area contributed by atoms with E-state index in [1.807, 2.05) is 32.9 Å². The molecule has 0 aliphatic heterocycles. The Morgan fingerprint density at radius 3 is 1.78 bits per heavy atom. The largest absolute Gasteiger partial charge is 0.366 e. The molecule has 0 aromatic heterocycles. The quantitative estimate of drug-likeness (QED) is 0.829. The number of ketones is 1. The van der Waals surface area contributed by atoms with Gasteiger partial charge >= 0.3 is 0 Å². The number of carbonyl (C=O) groups excluding carboxylic acids is 2. The molecule has 0 radical (unpaired) electrons. The molecule has 0 aliphatic carbocycles. The van der Waals surface area contributed by atoms with Crippen molar-refractivity contribution in [3.8, 4) is 0 Å². The van der Waals surface area contributed by atoms with E-state index in [1.165, 1.54) is 0 Å². The fourth-order valence-corrected chi connectivity index (χ4v) is 2.14. The van der Waals surface area contributed by atoms with Gasteiger partial charge in [0.15, 0.2) is 5.78 Å². The molecule has 3 nitrogen and oxygen atoms in total. The normalized spacial score (nSPS) is 12.3. The zero-order chi connectivity index (χ0) is 13.9. The number of benzene rings is 1. The topological polar surface area (TPSA) is 60.2 Å². The summed E-state index contributed by atoms with van der Waals surface area (Å²) in [6.07, 6.45) is 0. The van der Waals surface area contributed by atoms with Gasteiger partial charge in [0.1, 0.15) is 0 Å².